The van der Waals surface area contributed by atoms with Gasteiger partial charge in [-0.15, -0.1) is 20.4 Å². The quantitative estimate of drug-likeness (QED) is 0.605. The lowest BCUT2D eigenvalue weighted by Gasteiger charge is -2.03. The molecule has 10 heteroatoms. The lowest BCUT2D eigenvalue weighted by molar-refractivity contribution is 0.189. The zero-order valence-corrected chi connectivity index (χ0v) is 9.81. The Kier molecular flexibility index (Phi) is 3.79. The molecular formula is C8H10N8O2. The summed E-state index contributed by atoms with van der Waals surface area (Å²) in [5.74, 6) is 0.951. The van der Waals surface area contributed by atoms with Crippen LogP contribution in [0.5, 0.6) is 12.0 Å². The minimum atomic E-state index is 0.0882. The van der Waals surface area contributed by atoms with E-state index in [1.165, 1.54) is 0 Å². The second-order valence-electron chi connectivity index (χ2n) is 3.16. The van der Waals surface area contributed by atoms with Crippen molar-refractivity contribution in [2.45, 2.75) is 13.8 Å². The summed E-state index contributed by atoms with van der Waals surface area (Å²) >= 11 is 0. The van der Waals surface area contributed by atoms with Crippen LogP contribution in [0.15, 0.2) is 0 Å². The fourth-order valence-electron chi connectivity index (χ4n) is 0.922. The summed E-state index contributed by atoms with van der Waals surface area (Å²) in [6.45, 7) is 3.79. The molecule has 0 amide bonds. The molecule has 0 saturated heterocycles. The first-order chi connectivity index (χ1) is 8.74. The van der Waals surface area contributed by atoms with Gasteiger partial charge in [0.05, 0.1) is 0 Å². The topological polar surface area (TPSA) is 122 Å². The Bertz CT molecular complexity index is 440. The minimum Gasteiger partial charge on any atom is -0.458 e. The zero-order chi connectivity index (χ0) is 12.8. The molecule has 0 aliphatic carbocycles. The predicted molar refractivity (Wildman–Crippen MR) is 55.7 cm³/mol. The first-order valence-corrected chi connectivity index (χ1v) is 5.07. The summed E-state index contributed by atoms with van der Waals surface area (Å²) in [5.41, 5.74) is 0. The molecule has 18 heavy (non-hydrogen) atoms. The van der Waals surface area contributed by atoms with Crippen molar-refractivity contribution >= 4 is 0 Å². The molecular weight excluding hydrogens is 240 g/mol. The Labute approximate surface area is 102 Å². The number of hydrogen-bond acceptors (Lipinski definition) is 10. The highest BCUT2D eigenvalue weighted by atomic mass is 16.5. The van der Waals surface area contributed by atoms with Gasteiger partial charge < -0.3 is 9.47 Å². The normalized spacial score (nSPS) is 10.1. The van der Waals surface area contributed by atoms with Gasteiger partial charge in [-0.3, -0.25) is 0 Å². The summed E-state index contributed by atoms with van der Waals surface area (Å²) in [6, 6.07) is 0.176. The van der Waals surface area contributed by atoms with Gasteiger partial charge in [0.1, 0.15) is 13.2 Å². The van der Waals surface area contributed by atoms with E-state index in [1.54, 1.807) is 13.8 Å². The van der Waals surface area contributed by atoms with E-state index in [4.69, 9.17) is 9.47 Å². The van der Waals surface area contributed by atoms with Crippen LogP contribution in [0.3, 0.4) is 0 Å². The van der Waals surface area contributed by atoms with Crippen molar-refractivity contribution in [3.63, 3.8) is 0 Å². The lowest BCUT2D eigenvalue weighted by atomic mass is 10.7. The SMILES string of the molecule is Cc1nnc(OCCOc2nnc(C)nn2)nn1. The molecule has 0 unspecified atom stereocenters. The number of aromatic nitrogens is 8. The second-order valence-corrected chi connectivity index (χ2v) is 3.16. The van der Waals surface area contributed by atoms with Crippen LogP contribution in [0.4, 0.5) is 0 Å². The molecule has 2 heterocycles. The standard InChI is InChI=1S/C8H10N8O2/c1-5-9-13-7(14-10-5)17-3-4-18-8-15-11-6(2)12-16-8/h3-4H2,1-2H3. The van der Waals surface area contributed by atoms with Gasteiger partial charge in [0.15, 0.2) is 11.6 Å². The highest BCUT2D eigenvalue weighted by molar-refractivity contribution is 4.86. The monoisotopic (exact) mass is 250 g/mol. The molecule has 10 nitrogen and oxygen atoms in total. The van der Waals surface area contributed by atoms with Gasteiger partial charge in [0, 0.05) is 0 Å². The van der Waals surface area contributed by atoms with Crippen molar-refractivity contribution in [2.24, 2.45) is 0 Å². The Morgan fingerprint density at radius 1 is 0.611 bits per heavy atom. The molecule has 2 aromatic heterocycles. The average molecular weight is 250 g/mol. The van der Waals surface area contributed by atoms with Gasteiger partial charge >= 0.3 is 12.0 Å². The first-order valence-electron chi connectivity index (χ1n) is 5.07. The Balaban J connectivity index is 1.73. The van der Waals surface area contributed by atoms with Crippen LogP contribution in [0.1, 0.15) is 11.6 Å². The van der Waals surface area contributed by atoms with Crippen molar-refractivity contribution in [1.82, 2.24) is 40.8 Å². The third-order valence-corrected chi connectivity index (χ3v) is 1.67. The van der Waals surface area contributed by atoms with Crippen molar-refractivity contribution in [3.05, 3.63) is 11.6 Å². The zero-order valence-electron chi connectivity index (χ0n) is 9.81. The van der Waals surface area contributed by atoms with E-state index in [1.807, 2.05) is 0 Å². The van der Waals surface area contributed by atoms with E-state index in [2.05, 4.69) is 40.8 Å². The minimum absolute atomic E-state index is 0.0882. The predicted octanol–water partition coefficient (Wildman–Crippen LogP) is -1.08. The highest BCUT2D eigenvalue weighted by Crippen LogP contribution is 1.97. The van der Waals surface area contributed by atoms with E-state index in [0.29, 0.717) is 11.6 Å². The molecule has 0 aliphatic heterocycles. The molecule has 0 bridgehead atoms. The van der Waals surface area contributed by atoms with E-state index >= 15 is 0 Å². The van der Waals surface area contributed by atoms with Gasteiger partial charge in [-0.1, -0.05) is 20.4 Å². The van der Waals surface area contributed by atoms with Crippen LogP contribution in [-0.4, -0.2) is 54.0 Å². The molecule has 2 aromatic rings. The van der Waals surface area contributed by atoms with Gasteiger partial charge in [-0.2, -0.15) is 0 Å². The summed E-state index contributed by atoms with van der Waals surface area (Å²) in [5, 5.41) is 29.5. The van der Waals surface area contributed by atoms with Crippen LogP contribution >= 0.6 is 0 Å². The molecule has 0 aliphatic rings. The summed E-state index contributed by atoms with van der Waals surface area (Å²) in [6.07, 6.45) is 0. The first kappa shape index (κ1) is 12.0. The van der Waals surface area contributed by atoms with E-state index in [0.717, 1.165) is 0 Å². The molecule has 94 valence electrons. The molecule has 0 N–H and O–H groups in total. The second kappa shape index (κ2) is 5.70. The van der Waals surface area contributed by atoms with Crippen LogP contribution < -0.4 is 9.47 Å². The van der Waals surface area contributed by atoms with E-state index in [9.17, 15) is 0 Å². The number of nitrogens with zero attached hydrogens (tertiary/aromatic N) is 8. The molecule has 0 radical (unpaired) electrons. The number of rotatable bonds is 5. The maximum absolute atomic E-state index is 5.14. The third-order valence-electron chi connectivity index (χ3n) is 1.67. The lowest BCUT2D eigenvalue weighted by Crippen LogP contribution is -2.13. The smallest absolute Gasteiger partial charge is 0.355 e. The van der Waals surface area contributed by atoms with Crippen LogP contribution in [-0.2, 0) is 0 Å². The van der Waals surface area contributed by atoms with Crippen LogP contribution in [0.25, 0.3) is 0 Å². The summed E-state index contributed by atoms with van der Waals surface area (Å²) in [4.78, 5) is 0. The van der Waals surface area contributed by atoms with Gasteiger partial charge in [-0.25, -0.2) is 0 Å². The van der Waals surface area contributed by atoms with Crippen molar-refractivity contribution in [2.75, 3.05) is 13.2 Å². The molecule has 0 spiro atoms. The van der Waals surface area contributed by atoms with Gasteiger partial charge in [0.2, 0.25) is 0 Å². The molecule has 0 fully saturated rings. The Morgan fingerprint density at radius 2 is 0.944 bits per heavy atom. The average Bonchev–Trinajstić information content (AvgIpc) is 2.39. The fourth-order valence-corrected chi connectivity index (χ4v) is 0.922. The number of ether oxygens (including phenoxy) is 2. The number of hydrogen-bond donors (Lipinski definition) is 0. The largest absolute Gasteiger partial charge is 0.458 e. The summed E-state index contributed by atoms with van der Waals surface area (Å²) < 4.78 is 10.3. The van der Waals surface area contributed by atoms with Crippen LogP contribution in [0.2, 0.25) is 0 Å². The fraction of sp³-hybridized carbons (Fsp3) is 0.500. The van der Waals surface area contributed by atoms with Crippen molar-refractivity contribution < 1.29 is 9.47 Å². The highest BCUT2D eigenvalue weighted by Gasteiger charge is 2.01. The Morgan fingerprint density at radius 3 is 1.28 bits per heavy atom. The number of aryl methyl sites for hydroxylation is 2. The molecule has 0 atom stereocenters. The third kappa shape index (κ3) is 3.50. The van der Waals surface area contributed by atoms with Crippen LogP contribution in [0, 0.1) is 13.8 Å². The maximum atomic E-state index is 5.14. The molecule has 0 saturated carbocycles. The summed E-state index contributed by atoms with van der Waals surface area (Å²) in [7, 11) is 0. The molecule has 2 rings (SSSR count). The Hall–Kier alpha value is -2.52. The van der Waals surface area contributed by atoms with E-state index < -0.39 is 0 Å². The maximum Gasteiger partial charge on any atom is 0.355 e. The van der Waals surface area contributed by atoms with Gasteiger partial charge in [-0.05, 0) is 13.8 Å². The van der Waals surface area contributed by atoms with Gasteiger partial charge in [0.25, 0.3) is 0 Å². The molecule has 0 aromatic carbocycles. The van der Waals surface area contributed by atoms with Crippen molar-refractivity contribution in [3.8, 4) is 12.0 Å². The van der Waals surface area contributed by atoms with Crippen molar-refractivity contribution in [1.29, 1.82) is 0 Å². The van der Waals surface area contributed by atoms with E-state index in [-0.39, 0.29) is 25.2 Å².